The van der Waals surface area contributed by atoms with Crippen LogP contribution in [0.25, 0.3) is 106 Å². The van der Waals surface area contributed by atoms with Crippen molar-refractivity contribution in [1.82, 2.24) is 14.5 Å². The van der Waals surface area contributed by atoms with Crippen molar-refractivity contribution in [2.75, 3.05) is 0 Å². The van der Waals surface area contributed by atoms with Crippen LogP contribution in [0.3, 0.4) is 0 Å². The third-order valence-electron chi connectivity index (χ3n) is 15.2. The van der Waals surface area contributed by atoms with E-state index in [-0.39, 0.29) is 37.6 Å². The molecule has 10 aromatic carbocycles. The first-order valence-corrected chi connectivity index (χ1v) is 26.4. The van der Waals surface area contributed by atoms with Gasteiger partial charge in [0.15, 0.2) is 0 Å². The number of benzene rings is 10. The van der Waals surface area contributed by atoms with Gasteiger partial charge in [-0.1, -0.05) is 258 Å². The van der Waals surface area contributed by atoms with Crippen molar-refractivity contribution in [3.63, 3.8) is 0 Å². The molecule has 2 aromatic heterocycles. The fourth-order valence-electron chi connectivity index (χ4n) is 10.8. The van der Waals surface area contributed by atoms with Gasteiger partial charge in [0.05, 0.1) is 22.3 Å². The Morgan fingerprint density at radius 2 is 0.923 bits per heavy atom. The van der Waals surface area contributed by atoms with Crippen LogP contribution < -0.4 is 0 Å². The molecule has 0 saturated heterocycles. The minimum Gasteiger partial charge on any atom is -0.507 e. The molecule has 12 aromatic rings. The first-order valence-electron chi connectivity index (χ1n) is 26.4. The number of aromatic hydroxyl groups is 1. The molecule has 0 aliphatic heterocycles. The van der Waals surface area contributed by atoms with Crippen LogP contribution in [0.4, 0.5) is 0 Å². The second-order valence-corrected chi connectivity index (χ2v) is 21.5. The summed E-state index contributed by atoms with van der Waals surface area (Å²) in [6.45, 7) is 11.3. The maximum absolute atomic E-state index is 12.8. The number of imidazole rings is 1. The van der Waals surface area contributed by atoms with Crippen molar-refractivity contribution in [3.05, 3.63) is 278 Å². The van der Waals surface area contributed by atoms with Crippen LogP contribution in [0.5, 0.6) is 5.75 Å². The van der Waals surface area contributed by atoms with Gasteiger partial charge in [0.1, 0.15) is 11.6 Å². The third-order valence-corrected chi connectivity index (χ3v) is 15.2. The number of phenolic OH excluding ortho intramolecular Hbond substituents is 1. The van der Waals surface area contributed by atoms with Crippen LogP contribution in [-0.4, -0.2) is 19.6 Å². The number of phenols is 1. The summed E-state index contributed by atoms with van der Waals surface area (Å²) >= 11 is 0. The number of hydrogen-bond acceptors (Lipinski definition) is 3. The van der Waals surface area contributed by atoms with E-state index in [4.69, 9.17) is 9.97 Å². The number of aromatic nitrogens is 3. The van der Waals surface area contributed by atoms with Gasteiger partial charge in [-0.05, 0) is 91.4 Å². The summed E-state index contributed by atoms with van der Waals surface area (Å²) < 4.78 is 2.24. The van der Waals surface area contributed by atoms with Crippen molar-refractivity contribution >= 4 is 11.0 Å². The maximum Gasteiger partial charge on any atom is 0.148 e. The molecule has 0 radical (unpaired) electrons. The smallest absolute Gasteiger partial charge is 0.148 e. The van der Waals surface area contributed by atoms with Crippen molar-refractivity contribution in [1.29, 1.82) is 0 Å². The number of nitrogens with zero attached hydrogens (tertiary/aromatic N) is 3. The van der Waals surface area contributed by atoms with Gasteiger partial charge < -0.3 is 5.11 Å². The standard InChI is InChI=1S/C73H58N3O.Pt/c1-72(2,3)59-40-41-67(65(48-59)52-26-14-8-15-27-52)76-68-35-21-32-61(69(68)75-71(76)64-34-20-33-63(70(64)77)62-31-19-18-30-60(62)51-24-12-7-13-25-51)55-44-54(49-22-10-6-11-23-49)45-56(46-55)66-47-53(42-43-74-66)50-36-38-58(39-37-50)73(4,5)57-28-16-9-17-29-57;/h6-45,47-48,77H,1-5H3;/q-1;. The minimum absolute atomic E-state index is 0. The van der Waals surface area contributed by atoms with Crippen LogP contribution in [0, 0.1) is 6.07 Å². The Hall–Kier alpha value is -8.69. The van der Waals surface area contributed by atoms with E-state index in [9.17, 15) is 5.11 Å². The van der Waals surface area contributed by atoms with Crippen LogP contribution >= 0.6 is 0 Å². The van der Waals surface area contributed by atoms with Gasteiger partial charge in [0, 0.05) is 49.5 Å². The Balaban J connectivity index is 0.00000645. The van der Waals surface area contributed by atoms with Crippen LogP contribution in [0.15, 0.2) is 255 Å². The maximum atomic E-state index is 12.8. The van der Waals surface area contributed by atoms with E-state index >= 15 is 0 Å². The van der Waals surface area contributed by atoms with Gasteiger partial charge in [-0.15, -0.1) is 23.8 Å². The molecule has 78 heavy (non-hydrogen) atoms. The Labute approximate surface area is 472 Å². The minimum atomic E-state index is -0.147. The van der Waals surface area contributed by atoms with E-state index < -0.39 is 0 Å². The Morgan fingerprint density at radius 1 is 0.397 bits per heavy atom. The van der Waals surface area contributed by atoms with Gasteiger partial charge in [-0.3, -0.25) is 9.55 Å². The van der Waals surface area contributed by atoms with E-state index in [2.05, 4.69) is 258 Å². The molecule has 0 bridgehead atoms. The molecular weight excluding hydrogens is 1130 g/mol. The van der Waals surface area contributed by atoms with Crippen molar-refractivity contribution in [3.8, 4) is 101 Å². The summed E-state index contributed by atoms with van der Waals surface area (Å²) in [5, 5.41) is 12.8. The Morgan fingerprint density at radius 3 is 1.60 bits per heavy atom. The quantitative estimate of drug-likeness (QED) is 0.131. The summed E-state index contributed by atoms with van der Waals surface area (Å²) in [6.07, 6.45) is 1.90. The summed E-state index contributed by atoms with van der Waals surface area (Å²) in [7, 11) is 0. The molecule has 0 aliphatic rings. The molecule has 2 heterocycles. The normalized spacial score (nSPS) is 11.6. The van der Waals surface area contributed by atoms with Gasteiger partial charge in [-0.2, -0.15) is 0 Å². The predicted octanol–water partition coefficient (Wildman–Crippen LogP) is 18.9. The summed E-state index contributed by atoms with van der Waals surface area (Å²) in [6, 6.07) is 91.1. The first kappa shape index (κ1) is 51.4. The monoisotopic (exact) mass is 1190 g/mol. The zero-order chi connectivity index (χ0) is 52.7. The van der Waals surface area contributed by atoms with E-state index in [0.717, 1.165) is 94.7 Å². The van der Waals surface area contributed by atoms with E-state index in [0.29, 0.717) is 11.4 Å². The predicted molar refractivity (Wildman–Crippen MR) is 320 cm³/mol. The molecular formula is C73H58N3OPt-. The number of rotatable bonds is 11. The fraction of sp³-hybridized carbons (Fsp3) is 0.0959. The second kappa shape index (κ2) is 21.4. The molecule has 0 unspecified atom stereocenters. The second-order valence-electron chi connectivity index (χ2n) is 21.5. The molecule has 1 N–H and O–H groups in total. The molecule has 0 fully saturated rings. The third kappa shape index (κ3) is 9.85. The molecule has 0 atom stereocenters. The summed E-state index contributed by atoms with van der Waals surface area (Å²) in [5.74, 6) is 0.777. The Bertz CT molecular complexity index is 4090. The fourth-order valence-corrected chi connectivity index (χ4v) is 10.8. The van der Waals surface area contributed by atoms with Crippen LogP contribution in [0.2, 0.25) is 0 Å². The number of para-hydroxylation sites is 2. The van der Waals surface area contributed by atoms with E-state index in [1.807, 2.05) is 42.6 Å². The van der Waals surface area contributed by atoms with Gasteiger partial charge in [-0.25, -0.2) is 4.98 Å². The number of hydrogen-bond donors (Lipinski definition) is 1. The molecule has 0 amide bonds. The number of fused-ring (bicyclic) bond motifs is 1. The molecule has 12 rings (SSSR count). The van der Waals surface area contributed by atoms with Gasteiger partial charge in [0.25, 0.3) is 0 Å². The van der Waals surface area contributed by atoms with E-state index in [1.165, 1.54) is 16.7 Å². The Kier molecular flexibility index (Phi) is 14.1. The molecule has 0 saturated carbocycles. The molecule has 382 valence electrons. The molecule has 5 heteroatoms. The average Bonchev–Trinajstić information content (AvgIpc) is 4.12. The molecule has 4 nitrogen and oxygen atoms in total. The summed E-state index contributed by atoms with van der Waals surface area (Å²) in [5.41, 5.74) is 20.4. The largest absolute Gasteiger partial charge is 0.507 e. The van der Waals surface area contributed by atoms with Crippen molar-refractivity contribution < 1.29 is 26.2 Å². The molecule has 0 spiro atoms. The topological polar surface area (TPSA) is 50.9 Å². The van der Waals surface area contributed by atoms with Gasteiger partial charge >= 0.3 is 0 Å². The first-order chi connectivity index (χ1) is 37.5. The van der Waals surface area contributed by atoms with Gasteiger partial charge in [0.2, 0.25) is 0 Å². The zero-order valence-corrected chi connectivity index (χ0v) is 46.6. The van der Waals surface area contributed by atoms with Crippen molar-refractivity contribution in [2.45, 2.75) is 45.4 Å². The average molecular weight is 1190 g/mol. The van der Waals surface area contributed by atoms with E-state index in [1.54, 1.807) is 0 Å². The molecule has 0 aliphatic carbocycles. The van der Waals surface area contributed by atoms with Crippen LogP contribution in [-0.2, 0) is 31.9 Å². The van der Waals surface area contributed by atoms with Crippen LogP contribution in [0.1, 0.15) is 51.3 Å². The SMILES string of the molecule is CC(C)(C)c1ccc(-n2c(-c3cccc(-c4ccccc4-c4ccccc4)c3O)nc3c(-c4[c-]c(-c5cc(-c6ccc(C(C)(C)c7ccccc7)cc6)ccn5)cc(-c5ccccc5)c4)cccc32)c(-c2ccccc2)c1.[Pt]. The summed E-state index contributed by atoms with van der Waals surface area (Å²) in [4.78, 5) is 10.7. The number of pyridine rings is 1. The van der Waals surface area contributed by atoms with Crippen molar-refractivity contribution in [2.24, 2.45) is 0 Å². The zero-order valence-electron chi connectivity index (χ0n) is 44.4.